The maximum Gasteiger partial charge on any atom is 0.270 e. The molecule has 0 aromatic heterocycles. The molecule has 0 radical (unpaired) electrons. The van der Waals surface area contributed by atoms with Crippen molar-refractivity contribution in [3.63, 3.8) is 0 Å². The molecule has 0 unspecified atom stereocenters. The molecule has 1 heterocycles. The minimum absolute atomic E-state index is 0.00155. The predicted molar refractivity (Wildman–Crippen MR) is 88.6 cm³/mol. The quantitative estimate of drug-likeness (QED) is 0.661. The molecule has 5 nitrogen and oxygen atoms in total. The number of anilines is 1. The Morgan fingerprint density at radius 1 is 1.18 bits per heavy atom. The molecule has 0 saturated carbocycles. The van der Waals surface area contributed by atoms with Gasteiger partial charge in [-0.15, -0.1) is 0 Å². The Bertz CT molecular complexity index is 770. The van der Waals surface area contributed by atoms with Crippen LogP contribution in [0.5, 0.6) is 0 Å². The molecule has 0 amide bonds. The average Bonchev–Trinajstić information content (AvgIpc) is 2.69. The fraction of sp³-hybridized carbons (Fsp3) is 0.133. The molecule has 2 aromatic carbocycles. The average molecular weight is 336 g/mol. The lowest BCUT2D eigenvalue weighted by Crippen LogP contribution is -2.07. The SMILES string of the molecule is O=[N+]([O-])c1ccc2c(c1)C(c1c(Cl)cccc1Cl)=NCCN2. The monoisotopic (exact) mass is 335 g/mol. The van der Waals surface area contributed by atoms with E-state index in [4.69, 9.17) is 23.2 Å². The third-order valence-electron chi connectivity index (χ3n) is 3.37. The number of halogens is 2. The summed E-state index contributed by atoms with van der Waals surface area (Å²) in [5.41, 5.74) is 2.56. The molecule has 3 rings (SSSR count). The van der Waals surface area contributed by atoms with Crippen LogP contribution in [-0.4, -0.2) is 23.7 Å². The normalized spacial score (nSPS) is 13.6. The zero-order valence-corrected chi connectivity index (χ0v) is 12.9. The van der Waals surface area contributed by atoms with Crippen LogP contribution in [0.25, 0.3) is 0 Å². The molecule has 1 aliphatic heterocycles. The smallest absolute Gasteiger partial charge is 0.270 e. The number of benzene rings is 2. The first-order valence-electron chi connectivity index (χ1n) is 6.59. The first kappa shape index (κ1) is 14.8. The summed E-state index contributed by atoms with van der Waals surface area (Å²) in [6.45, 7) is 1.16. The molecule has 112 valence electrons. The van der Waals surface area contributed by atoms with Gasteiger partial charge in [-0.05, 0) is 18.2 Å². The van der Waals surface area contributed by atoms with Crippen molar-refractivity contribution < 1.29 is 4.92 Å². The summed E-state index contributed by atoms with van der Waals surface area (Å²) in [6.07, 6.45) is 0. The predicted octanol–water partition coefficient (Wildman–Crippen LogP) is 4.16. The number of nitro benzene ring substituents is 1. The van der Waals surface area contributed by atoms with Crippen LogP contribution in [0, 0.1) is 10.1 Å². The van der Waals surface area contributed by atoms with Crippen molar-refractivity contribution in [3.05, 3.63) is 67.7 Å². The van der Waals surface area contributed by atoms with Crippen molar-refractivity contribution >= 4 is 40.3 Å². The highest BCUT2D eigenvalue weighted by atomic mass is 35.5. The van der Waals surface area contributed by atoms with E-state index < -0.39 is 4.92 Å². The van der Waals surface area contributed by atoms with E-state index in [0.717, 1.165) is 5.69 Å². The second kappa shape index (κ2) is 5.94. The Hall–Kier alpha value is -2.11. The zero-order valence-electron chi connectivity index (χ0n) is 11.3. The number of fused-ring (bicyclic) bond motifs is 1. The van der Waals surface area contributed by atoms with E-state index in [9.17, 15) is 10.1 Å². The molecule has 2 aromatic rings. The standard InChI is InChI=1S/C15H11Cl2N3O2/c16-11-2-1-3-12(17)14(11)15-10-8-9(20(21)22)4-5-13(10)18-6-7-19-15/h1-5,8,18H,6-7H2. The van der Waals surface area contributed by atoms with Crippen molar-refractivity contribution in [2.24, 2.45) is 4.99 Å². The molecule has 1 aliphatic rings. The van der Waals surface area contributed by atoms with Crippen LogP contribution in [-0.2, 0) is 0 Å². The molecule has 0 aliphatic carbocycles. The van der Waals surface area contributed by atoms with Crippen LogP contribution in [0.15, 0.2) is 41.4 Å². The van der Waals surface area contributed by atoms with E-state index in [1.165, 1.54) is 12.1 Å². The third-order valence-corrected chi connectivity index (χ3v) is 4.00. The van der Waals surface area contributed by atoms with Crippen molar-refractivity contribution in [2.45, 2.75) is 0 Å². The Morgan fingerprint density at radius 3 is 2.59 bits per heavy atom. The molecule has 0 fully saturated rings. The van der Waals surface area contributed by atoms with Crippen LogP contribution in [0.4, 0.5) is 11.4 Å². The van der Waals surface area contributed by atoms with Gasteiger partial charge in [-0.2, -0.15) is 0 Å². The van der Waals surface area contributed by atoms with Crippen LogP contribution in [0.2, 0.25) is 10.0 Å². The molecule has 22 heavy (non-hydrogen) atoms. The van der Waals surface area contributed by atoms with Crippen LogP contribution >= 0.6 is 23.2 Å². The van der Waals surface area contributed by atoms with Crippen molar-refractivity contribution in [2.75, 3.05) is 18.4 Å². The van der Waals surface area contributed by atoms with E-state index >= 15 is 0 Å². The fourth-order valence-corrected chi connectivity index (χ4v) is 2.95. The highest BCUT2D eigenvalue weighted by Crippen LogP contribution is 2.32. The zero-order chi connectivity index (χ0) is 15.7. The lowest BCUT2D eigenvalue weighted by Gasteiger charge is -2.12. The van der Waals surface area contributed by atoms with E-state index in [0.29, 0.717) is 40.0 Å². The molecule has 1 N–H and O–H groups in total. The summed E-state index contributed by atoms with van der Waals surface area (Å²) in [7, 11) is 0. The first-order chi connectivity index (χ1) is 10.6. The number of hydrogen-bond donors (Lipinski definition) is 1. The van der Waals surface area contributed by atoms with E-state index in [2.05, 4.69) is 10.3 Å². The van der Waals surface area contributed by atoms with Crippen molar-refractivity contribution in [1.29, 1.82) is 0 Å². The Balaban J connectivity index is 2.24. The second-order valence-corrected chi connectivity index (χ2v) is 5.56. The molecule has 0 saturated heterocycles. The highest BCUT2D eigenvalue weighted by Gasteiger charge is 2.21. The minimum Gasteiger partial charge on any atom is -0.383 e. The number of hydrogen-bond acceptors (Lipinski definition) is 4. The van der Waals surface area contributed by atoms with Gasteiger partial charge in [0.1, 0.15) is 0 Å². The molecular weight excluding hydrogens is 325 g/mol. The molecular formula is C15H11Cl2N3O2. The Morgan fingerprint density at radius 2 is 1.91 bits per heavy atom. The fourth-order valence-electron chi connectivity index (χ4n) is 2.38. The molecule has 0 bridgehead atoms. The number of rotatable bonds is 2. The maximum atomic E-state index is 11.0. The summed E-state index contributed by atoms with van der Waals surface area (Å²) in [6, 6.07) is 9.83. The van der Waals surface area contributed by atoms with E-state index in [1.54, 1.807) is 24.3 Å². The number of nitrogens with one attached hydrogen (secondary N) is 1. The van der Waals surface area contributed by atoms with Crippen molar-refractivity contribution in [1.82, 2.24) is 0 Å². The minimum atomic E-state index is -0.434. The second-order valence-electron chi connectivity index (χ2n) is 4.74. The number of nitro groups is 1. The number of benzodiazepines with no additional fused rings is 1. The van der Waals surface area contributed by atoms with Crippen molar-refractivity contribution in [3.8, 4) is 0 Å². The van der Waals surface area contributed by atoms with E-state index in [-0.39, 0.29) is 5.69 Å². The first-order valence-corrected chi connectivity index (χ1v) is 7.35. The van der Waals surface area contributed by atoms with Gasteiger partial charge in [-0.3, -0.25) is 15.1 Å². The van der Waals surface area contributed by atoms with Gasteiger partial charge >= 0.3 is 0 Å². The molecule has 7 heteroatoms. The number of non-ortho nitro benzene ring substituents is 1. The molecule has 0 atom stereocenters. The maximum absolute atomic E-state index is 11.0. The van der Waals surface area contributed by atoms with Crippen LogP contribution in [0.1, 0.15) is 11.1 Å². The topological polar surface area (TPSA) is 67.5 Å². The summed E-state index contributed by atoms with van der Waals surface area (Å²) >= 11 is 12.5. The largest absolute Gasteiger partial charge is 0.383 e. The molecule has 0 spiro atoms. The number of nitrogens with zero attached hydrogens (tertiary/aromatic N) is 2. The summed E-state index contributed by atoms with van der Waals surface area (Å²) in [5.74, 6) is 0. The lowest BCUT2D eigenvalue weighted by molar-refractivity contribution is -0.384. The van der Waals surface area contributed by atoms with Gasteiger partial charge in [0.2, 0.25) is 0 Å². The van der Waals surface area contributed by atoms with Crippen LogP contribution in [0.3, 0.4) is 0 Å². The van der Waals surface area contributed by atoms with Gasteiger partial charge in [-0.1, -0.05) is 29.3 Å². The summed E-state index contributed by atoms with van der Waals surface area (Å²) < 4.78 is 0. The van der Waals surface area contributed by atoms with E-state index in [1.807, 2.05) is 0 Å². The van der Waals surface area contributed by atoms with Gasteiger partial charge in [0.15, 0.2) is 0 Å². The number of aliphatic imine (C=N–C) groups is 1. The summed E-state index contributed by atoms with van der Waals surface area (Å²) in [4.78, 5) is 15.1. The Labute approximate surface area is 136 Å². The lowest BCUT2D eigenvalue weighted by atomic mass is 10.00. The van der Waals surface area contributed by atoms with Gasteiger partial charge in [0, 0.05) is 35.5 Å². The van der Waals surface area contributed by atoms with Gasteiger partial charge in [0.05, 0.1) is 27.2 Å². The Kier molecular flexibility index (Phi) is 4.00. The highest BCUT2D eigenvalue weighted by molar-refractivity contribution is 6.42. The van der Waals surface area contributed by atoms with Gasteiger partial charge in [0.25, 0.3) is 5.69 Å². The third kappa shape index (κ3) is 2.65. The van der Waals surface area contributed by atoms with Gasteiger partial charge < -0.3 is 5.32 Å². The van der Waals surface area contributed by atoms with Gasteiger partial charge in [-0.25, -0.2) is 0 Å². The summed E-state index contributed by atoms with van der Waals surface area (Å²) in [5, 5.41) is 15.2. The van der Waals surface area contributed by atoms with Crippen LogP contribution < -0.4 is 5.32 Å².